The van der Waals surface area contributed by atoms with Gasteiger partial charge in [-0.05, 0) is 38.0 Å². The Hall–Kier alpha value is -1.10. The largest absolute Gasteiger partial charge is 0.494 e. The van der Waals surface area contributed by atoms with E-state index in [4.69, 9.17) is 15.2 Å². The molecule has 21 heavy (non-hydrogen) atoms. The molecule has 1 fully saturated rings. The van der Waals surface area contributed by atoms with Crippen molar-refractivity contribution in [3.05, 3.63) is 29.8 Å². The Bertz CT molecular complexity index is 431. The summed E-state index contributed by atoms with van der Waals surface area (Å²) in [6, 6.07) is 8.18. The second kappa shape index (κ2) is 7.25. The predicted octanol–water partition coefficient (Wildman–Crippen LogP) is 2.59. The fraction of sp³-hybridized carbons (Fsp3) is 0.647. The third kappa shape index (κ3) is 4.43. The fourth-order valence-electron chi connectivity index (χ4n) is 2.60. The van der Waals surface area contributed by atoms with Gasteiger partial charge < -0.3 is 15.2 Å². The Kier molecular flexibility index (Phi) is 5.62. The maximum Gasteiger partial charge on any atom is 0.119 e. The minimum absolute atomic E-state index is 0.0163. The van der Waals surface area contributed by atoms with Crippen LogP contribution in [0.5, 0.6) is 5.75 Å². The summed E-state index contributed by atoms with van der Waals surface area (Å²) >= 11 is 0. The van der Waals surface area contributed by atoms with Gasteiger partial charge in [0.2, 0.25) is 0 Å². The topological polar surface area (TPSA) is 47.7 Å². The first-order chi connectivity index (χ1) is 10.0. The minimum atomic E-state index is 0.0163. The Balaban J connectivity index is 1.94. The van der Waals surface area contributed by atoms with E-state index < -0.39 is 0 Å². The van der Waals surface area contributed by atoms with Gasteiger partial charge in [0.15, 0.2) is 0 Å². The van der Waals surface area contributed by atoms with E-state index in [0.717, 1.165) is 50.6 Å². The molecule has 0 bridgehead atoms. The number of benzene rings is 1. The molecule has 1 aliphatic heterocycles. The van der Waals surface area contributed by atoms with Gasteiger partial charge in [-0.3, -0.25) is 4.90 Å². The SMILES string of the molecule is CCCOc1ccc(C(N)CN2CCOCC2(C)C)cc1. The van der Waals surface area contributed by atoms with Crippen LogP contribution in [0.3, 0.4) is 0 Å². The van der Waals surface area contributed by atoms with Crippen molar-refractivity contribution < 1.29 is 9.47 Å². The second-order valence-electron chi connectivity index (χ2n) is 6.34. The number of nitrogens with two attached hydrogens (primary N) is 1. The molecule has 2 rings (SSSR count). The summed E-state index contributed by atoms with van der Waals surface area (Å²) in [4.78, 5) is 2.42. The van der Waals surface area contributed by atoms with Gasteiger partial charge in [-0.2, -0.15) is 0 Å². The number of rotatable bonds is 6. The van der Waals surface area contributed by atoms with Gasteiger partial charge in [-0.1, -0.05) is 19.1 Å². The van der Waals surface area contributed by atoms with Crippen LogP contribution in [0.2, 0.25) is 0 Å². The van der Waals surface area contributed by atoms with Gasteiger partial charge in [0.25, 0.3) is 0 Å². The normalized spacial score (nSPS) is 20.2. The predicted molar refractivity (Wildman–Crippen MR) is 85.6 cm³/mol. The zero-order valence-corrected chi connectivity index (χ0v) is 13.5. The number of morpholine rings is 1. The van der Waals surface area contributed by atoms with Crippen LogP contribution in [0.1, 0.15) is 38.8 Å². The van der Waals surface area contributed by atoms with Crippen molar-refractivity contribution in [2.24, 2.45) is 5.73 Å². The maximum absolute atomic E-state index is 6.37. The maximum atomic E-state index is 6.37. The molecule has 0 spiro atoms. The molecule has 1 atom stereocenters. The summed E-state index contributed by atoms with van der Waals surface area (Å²) in [5.74, 6) is 0.916. The molecule has 0 radical (unpaired) electrons. The van der Waals surface area contributed by atoms with E-state index in [0.29, 0.717) is 0 Å². The molecule has 4 heteroatoms. The van der Waals surface area contributed by atoms with Crippen molar-refractivity contribution in [1.82, 2.24) is 4.90 Å². The van der Waals surface area contributed by atoms with Crippen LogP contribution in [0.15, 0.2) is 24.3 Å². The van der Waals surface area contributed by atoms with E-state index in [-0.39, 0.29) is 11.6 Å². The zero-order chi connectivity index (χ0) is 15.3. The first-order valence-corrected chi connectivity index (χ1v) is 7.84. The molecular weight excluding hydrogens is 264 g/mol. The lowest BCUT2D eigenvalue weighted by atomic mass is 9.99. The Morgan fingerprint density at radius 1 is 1.33 bits per heavy atom. The number of hydrogen-bond acceptors (Lipinski definition) is 4. The summed E-state index contributed by atoms with van der Waals surface area (Å²) in [6.45, 7) is 10.6. The quantitative estimate of drug-likeness (QED) is 0.875. The molecule has 1 unspecified atom stereocenters. The fourth-order valence-corrected chi connectivity index (χ4v) is 2.60. The van der Waals surface area contributed by atoms with Crippen LogP contribution in [0, 0.1) is 0 Å². The third-order valence-corrected chi connectivity index (χ3v) is 4.02. The minimum Gasteiger partial charge on any atom is -0.494 e. The molecule has 1 saturated heterocycles. The Labute approximate surface area is 128 Å². The van der Waals surface area contributed by atoms with Gasteiger partial charge in [0.1, 0.15) is 5.75 Å². The van der Waals surface area contributed by atoms with E-state index in [1.165, 1.54) is 0 Å². The molecule has 0 aromatic heterocycles. The molecule has 0 amide bonds. The van der Waals surface area contributed by atoms with Crippen LogP contribution in [0.4, 0.5) is 0 Å². The van der Waals surface area contributed by atoms with E-state index in [1.54, 1.807) is 0 Å². The number of nitrogens with zero attached hydrogens (tertiary/aromatic N) is 1. The highest BCUT2D eigenvalue weighted by Crippen LogP contribution is 2.23. The van der Waals surface area contributed by atoms with Crippen molar-refractivity contribution in [2.75, 3.05) is 32.9 Å². The lowest BCUT2D eigenvalue weighted by molar-refractivity contribution is -0.0531. The first kappa shape index (κ1) is 16.3. The highest BCUT2D eigenvalue weighted by Gasteiger charge is 2.31. The summed E-state index contributed by atoms with van der Waals surface area (Å²) in [7, 11) is 0. The lowest BCUT2D eigenvalue weighted by Gasteiger charge is -2.43. The molecular formula is C17H28N2O2. The van der Waals surface area contributed by atoms with Crippen molar-refractivity contribution in [1.29, 1.82) is 0 Å². The van der Waals surface area contributed by atoms with Crippen LogP contribution in [-0.2, 0) is 4.74 Å². The van der Waals surface area contributed by atoms with Crippen molar-refractivity contribution in [2.45, 2.75) is 38.8 Å². The number of hydrogen-bond donors (Lipinski definition) is 1. The molecule has 4 nitrogen and oxygen atoms in total. The van der Waals surface area contributed by atoms with Crippen LogP contribution < -0.4 is 10.5 Å². The zero-order valence-electron chi connectivity index (χ0n) is 13.5. The average molecular weight is 292 g/mol. The molecule has 1 heterocycles. The smallest absolute Gasteiger partial charge is 0.119 e. The van der Waals surface area contributed by atoms with Crippen molar-refractivity contribution in [3.8, 4) is 5.75 Å². The van der Waals surface area contributed by atoms with Crippen molar-refractivity contribution in [3.63, 3.8) is 0 Å². The van der Waals surface area contributed by atoms with E-state index in [2.05, 4.69) is 37.8 Å². The van der Waals surface area contributed by atoms with E-state index in [9.17, 15) is 0 Å². The Morgan fingerprint density at radius 3 is 2.67 bits per heavy atom. The molecule has 1 aromatic rings. The van der Waals surface area contributed by atoms with Gasteiger partial charge >= 0.3 is 0 Å². The van der Waals surface area contributed by atoms with Gasteiger partial charge in [0, 0.05) is 24.7 Å². The molecule has 1 aliphatic rings. The summed E-state index contributed by atoms with van der Waals surface area (Å²) < 4.78 is 11.2. The van der Waals surface area contributed by atoms with Crippen molar-refractivity contribution >= 4 is 0 Å². The van der Waals surface area contributed by atoms with E-state index in [1.807, 2.05) is 12.1 Å². The van der Waals surface area contributed by atoms with Gasteiger partial charge in [-0.15, -0.1) is 0 Å². The number of ether oxygens (including phenoxy) is 2. The Morgan fingerprint density at radius 2 is 2.05 bits per heavy atom. The summed E-state index contributed by atoms with van der Waals surface area (Å²) in [6.07, 6.45) is 1.02. The van der Waals surface area contributed by atoms with Gasteiger partial charge in [0.05, 0.1) is 19.8 Å². The molecule has 0 saturated carbocycles. The molecule has 2 N–H and O–H groups in total. The lowest BCUT2D eigenvalue weighted by Crippen LogP contribution is -2.54. The van der Waals surface area contributed by atoms with Crippen LogP contribution in [0.25, 0.3) is 0 Å². The molecule has 0 aliphatic carbocycles. The summed E-state index contributed by atoms with van der Waals surface area (Å²) in [5, 5.41) is 0. The average Bonchev–Trinajstić information content (AvgIpc) is 2.47. The third-order valence-electron chi connectivity index (χ3n) is 4.02. The summed E-state index contributed by atoms with van der Waals surface area (Å²) in [5.41, 5.74) is 7.58. The van der Waals surface area contributed by atoms with Crippen LogP contribution >= 0.6 is 0 Å². The van der Waals surface area contributed by atoms with Gasteiger partial charge in [-0.25, -0.2) is 0 Å². The first-order valence-electron chi connectivity index (χ1n) is 7.84. The van der Waals surface area contributed by atoms with Crippen LogP contribution in [-0.4, -0.2) is 43.3 Å². The second-order valence-corrected chi connectivity index (χ2v) is 6.34. The highest BCUT2D eigenvalue weighted by molar-refractivity contribution is 5.29. The monoisotopic (exact) mass is 292 g/mol. The highest BCUT2D eigenvalue weighted by atomic mass is 16.5. The molecule has 1 aromatic carbocycles. The standard InChI is InChI=1S/C17H28N2O2/c1-4-10-21-15-7-5-14(6-8-15)16(18)12-19-9-11-20-13-17(19,2)3/h5-8,16H,4,9-13,18H2,1-3H3. The molecule has 118 valence electrons. The van der Waals surface area contributed by atoms with E-state index >= 15 is 0 Å².